The van der Waals surface area contributed by atoms with Crippen LogP contribution in [0.15, 0.2) is 18.2 Å². The highest BCUT2D eigenvalue weighted by Gasteiger charge is 2.48. The summed E-state index contributed by atoms with van der Waals surface area (Å²) in [5.41, 5.74) is 1.07. The molecule has 0 spiro atoms. The van der Waals surface area contributed by atoms with Crippen molar-refractivity contribution in [2.24, 2.45) is 11.8 Å². The summed E-state index contributed by atoms with van der Waals surface area (Å²) in [5.74, 6) is -1.93. The first kappa shape index (κ1) is 17.0. The molecule has 7 heteroatoms. The topological polar surface area (TPSA) is 87.2 Å². The van der Waals surface area contributed by atoms with Crippen LogP contribution in [0.2, 0.25) is 0 Å². The molecule has 138 valence electrons. The molecule has 1 aliphatic carbocycles. The molecular weight excluding hydrogens is 336 g/mol. The van der Waals surface area contributed by atoms with Crippen LogP contribution >= 0.6 is 0 Å². The van der Waals surface area contributed by atoms with Crippen LogP contribution in [0.25, 0.3) is 0 Å². The smallest absolute Gasteiger partial charge is 0.337 e. The van der Waals surface area contributed by atoms with E-state index in [-0.39, 0.29) is 29.2 Å². The minimum atomic E-state index is -1.06. The average molecular weight is 358 g/mol. The number of imide groups is 1. The number of amides is 2. The Hall–Kier alpha value is -2.41. The lowest BCUT2D eigenvalue weighted by Crippen LogP contribution is -2.37. The Morgan fingerprint density at radius 3 is 2.23 bits per heavy atom. The number of hydrogen-bond acceptors (Lipinski definition) is 5. The zero-order valence-electron chi connectivity index (χ0n) is 14.5. The predicted octanol–water partition coefficient (Wildman–Crippen LogP) is 1.90. The number of aromatic carboxylic acids is 1. The lowest BCUT2D eigenvalue weighted by Gasteiger charge is -2.30. The largest absolute Gasteiger partial charge is 0.478 e. The molecular formula is C19H22N2O5. The fourth-order valence-corrected chi connectivity index (χ4v) is 4.33. The van der Waals surface area contributed by atoms with Gasteiger partial charge in [-0.1, -0.05) is 12.8 Å². The van der Waals surface area contributed by atoms with Crippen LogP contribution in [0.5, 0.6) is 0 Å². The Labute approximate surface area is 151 Å². The van der Waals surface area contributed by atoms with Crippen molar-refractivity contribution in [3.05, 3.63) is 23.8 Å². The Morgan fingerprint density at radius 1 is 1.04 bits per heavy atom. The maximum absolute atomic E-state index is 12.7. The van der Waals surface area contributed by atoms with E-state index in [4.69, 9.17) is 4.74 Å². The van der Waals surface area contributed by atoms with E-state index in [1.807, 2.05) is 4.90 Å². The zero-order chi connectivity index (χ0) is 18.3. The number of rotatable bonds is 3. The van der Waals surface area contributed by atoms with Crippen molar-refractivity contribution in [1.82, 2.24) is 0 Å². The maximum atomic E-state index is 12.7. The van der Waals surface area contributed by atoms with E-state index in [1.54, 1.807) is 12.1 Å². The van der Waals surface area contributed by atoms with Gasteiger partial charge in [0.1, 0.15) is 0 Å². The summed E-state index contributed by atoms with van der Waals surface area (Å²) in [6, 6.07) is 4.84. The molecule has 7 nitrogen and oxygen atoms in total. The molecule has 3 fully saturated rings. The quantitative estimate of drug-likeness (QED) is 0.831. The van der Waals surface area contributed by atoms with Crippen LogP contribution in [0, 0.1) is 11.8 Å². The third kappa shape index (κ3) is 2.76. The molecule has 2 heterocycles. The van der Waals surface area contributed by atoms with Crippen molar-refractivity contribution in [3.8, 4) is 0 Å². The number of benzene rings is 1. The third-order valence-corrected chi connectivity index (χ3v) is 5.66. The highest BCUT2D eigenvalue weighted by molar-refractivity contribution is 6.22. The molecule has 0 aromatic heterocycles. The molecule has 4 rings (SSSR count). The van der Waals surface area contributed by atoms with Crippen molar-refractivity contribution in [2.45, 2.75) is 25.7 Å². The van der Waals surface area contributed by atoms with Gasteiger partial charge in [0.15, 0.2) is 0 Å². The summed E-state index contributed by atoms with van der Waals surface area (Å²) in [7, 11) is 0. The molecule has 1 saturated carbocycles. The van der Waals surface area contributed by atoms with Crippen LogP contribution in [0.1, 0.15) is 36.0 Å². The van der Waals surface area contributed by atoms with E-state index < -0.39 is 5.97 Å². The predicted molar refractivity (Wildman–Crippen MR) is 94.4 cm³/mol. The summed E-state index contributed by atoms with van der Waals surface area (Å²) in [6.45, 7) is 2.33. The van der Waals surface area contributed by atoms with Gasteiger partial charge in [-0.25, -0.2) is 4.79 Å². The van der Waals surface area contributed by atoms with Crippen molar-refractivity contribution in [2.75, 3.05) is 36.1 Å². The zero-order valence-corrected chi connectivity index (χ0v) is 14.5. The van der Waals surface area contributed by atoms with Crippen LogP contribution < -0.4 is 9.80 Å². The van der Waals surface area contributed by atoms with Crippen LogP contribution in [-0.2, 0) is 14.3 Å². The second kappa shape index (κ2) is 6.72. The Kier molecular flexibility index (Phi) is 4.40. The molecule has 0 radical (unpaired) electrons. The van der Waals surface area contributed by atoms with Gasteiger partial charge in [0.2, 0.25) is 11.8 Å². The summed E-state index contributed by atoms with van der Waals surface area (Å²) in [4.78, 5) is 40.5. The average Bonchev–Trinajstić information content (AvgIpc) is 2.93. The molecule has 1 N–H and O–H groups in total. The monoisotopic (exact) mass is 358 g/mol. The van der Waals surface area contributed by atoms with E-state index in [0.717, 1.165) is 25.7 Å². The fourth-order valence-electron chi connectivity index (χ4n) is 4.33. The Balaban J connectivity index is 1.69. The molecule has 1 aromatic rings. The molecule has 2 atom stereocenters. The number of ether oxygens (including phenoxy) is 1. The fraction of sp³-hybridized carbons (Fsp3) is 0.526. The third-order valence-electron chi connectivity index (χ3n) is 5.66. The number of nitrogens with zero attached hydrogens (tertiary/aromatic N) is 2. The molecule has 2 amide bonds. The molecule has 3 aliphatic rings. The van der Waals surface area contributed by atoms with Crippen LogP contribution in [-0.4, -0.2) is 49.2 Å². The Bertz CT molecular complexity index is 732. The second-order valence-corrected chi connectivity index (χ2v) is 7.12. The summed E-state index contributed by atoms with van der Waals surface area (Å²) < 4.78 is 5.32. The second-order valence-electron chi connectivity index (χ2n) is 7.12. The number of carboxylic acid groups (broad SMARTS) is 1. The summed E-state index contributed by atoms with van der Waals surface area (Å²) in [5, 5.41) is 9.66. The van der Waals surface area contributed by atoms with Gasteiger partial charge in [0, 0.05) is 13.1 Å². The molecule has 1 aromatic carbocycles. The van der Waals surface area contributed by atoms with E-state index in [2.05, 4.69) is 0 Å². The highest BCUT2D eigenvalue weighted by Crippen LogP contribution is 2.40. The lowest BCUT2D eigenvalue weighted by molar-refractivity contribution is -0.122. The van der Waals surface area contributed by atoms with Gasteiger partial charge >= 0.3 is 5.97 Å². The summed E-state index contributed by atoms with van der Waals surface area (Å²) in [6.07, 6.45) is 3.40. The number of carboxylic acids is 1. The van der Waals surface area contributed by atoms with E-state index in [0.29, 0.717) is 37.7 Å². The van der Waals surface area contributed by atoms with Gasteiger partial charge in [-0.3, -0.25) is 14.5 Å². The molecule has 26 heavy (non-hydrogen) atoms. The Morgan fingerprint density at radius 2 is 1.65 bits per heavy atom. The summed E-state index contributed by atoms with van der Waals surface area (Å²) >= 11 is 0. The number of morpholine rings is 1. The molecule has 2 aliphatic heterocycles. The number of hydrogen-bond donors (Lipinski definition) is 1. The molecule has 0 bridgehead atoms. The van der Waals surface area contributed by atoms with Gasteiger partial charge in [-0.05, 0) is 31.0 Å². The van der Waals surface area contributed by atoms with Gasteiger partial charge in [0.05, 0.1) is 42.0 Å². The van der Waals surface area contributed by atoms with E-state index in [9.17, 15) is 19.5 Å². The molecule has 0 unspecified atom stereocenters. The van der Waals surface area contributed by atoms with Crippen LogP contribution in [0.4, 0.5) is 11.4 Å². The number of anilines is 2. The van der Waals surface area contributed by atoms with E-state index in [1.165, 1.54) is 11.0 Å². The minimum Gasteiger partial charge on any atom is -0.478 e. The van der Waals surface area contributed by atoms with Gasteiger partial charge in [-0.15, -0.1) is 0 Å². The molecule has 2 saturated heterocycles. The van der Waals surface area contributed by atoms with Gasteiger partial charge in [0.25, 0.3) is 0 Å². The minimum absolute atomic E-state index is 0.111. The van der Waals surface area contributed by atoms with Crippen molar-refractivity contribution < 1.29 is 24.2 Å². The van der Waals surface area contributed by atoms with Crippen molar-refractivity contribution in [3.63, 3.8) is 0 Å². The van der Waals surface area contributed by atoms with Crippen molar-refractivity contribution in [1.29, 1.82) is 0 Å². The first-order valence-electron chi connectivity index (χ1n) is 9.16. The number of carbonyl (C=O) groups excluding carboxylic acids is 2. The SMILES string of the molecule is O=C(O)c1cc(N2C(=O)[C@H]3CCCC[C@H]3C2=O)ccc1N1CCOCC1. The normalized spacial score (nSPS) is 26.2. The van der Waals surface area contributed by atoms with Crippen molar-refractivity contribution >= 4 is 29.2 Å². The van der Waals surface area contributed by atoms with Gasteiger partial charge < -0.3 is 14.7 Å². The standard InChI is InChI=1S/C19H22N2O5/c22-17-13-3-1-2-4-14(13)18(23)21(17)12-5-6-16(15(11-12)19(24)25)20-7-9-26-10-8-20/h5-6,11,13-14H,1-4,7-10H2,(H,24,25)/t13-,14+. The van der Waals surface area contributed by atoms with Gasteiger partial charge in [-0.2, -0.15) is 0 Å². The highest BCUT2D eigenvalue weighted by atomic mass is 16.5. The number of fused-ring (bicyclic) bond motifs is 1. The number of carbonyl (C=O) groups is 3. The first-order valence-corrected chi connectivity index (χ1v) is 9.16. The lowest BCUT2D eigenvalue weighted by atomic mass is 9.81. The maximum Gasteiger partial charge on any atom is 0.337 e. The first-order chi connectivity index (χ1) is 12.6. The van der Waals surface area contributed by atoms with Crippen LogP contribution in [0.3, 0.4) is 0 Å². The van der Waals surface area contributed by atoms with E-state index >= 15 is 0 Å².